The number of nitrogens with two attached hydrogens (primary N) is 1. The summed E-state index contributed by atoms with van der Waals surface area (Å²) >= 11 is 0. The Bertz CT molecular complexity index is 474. The maximum absolute atomic E-state index is 11.5. The first-order chi connectivity index (χ1) is 9.06. The minimum atomic E-state index is -0.837. The number of carbonyl (C=O) groups excluding carboxylic acids is 1. The van der Waals surface area contributed by atoms with Crippen molar-refractivity contribution in [2.45, 2.75) is 31.4 Å². The fraction of sp³-hybridized carbons (Fsp3) is 0.417. The van der Waals surface area contributed by atoms with E-state index in [4.69, 9.17) is 15.2 Å². The summed E-state index contributed by atoms with van der Waals surface area (Å²) < 4.78 is 10.0. The third kappa shape index (κ3) is 3.41. The Morgan fingerprint density at radius 3 is 2.53 bits per heavy atom. The van der Waals surface area contributed by atoms with Crippen molar-refractivity contribution >= 4 is 11.8 Å². The first-order valence-corrected chi connectivity index (χ1v) is 5.95. The fourth-order valence-corrected chi connectivity index (χ4v) is 1.98. The van der Waals surface area contributed by atoms with Crippen molar-refractivity contribution in [1.82, 2.24) is 0 Å². The molecule has 1 aliphatic rings. The Morgan fingerprint density at radius 2 is 2.00 bits per heavy atom. The van der Waals surface area contributed by atoms with E-state index in [2.05, 4.69) is 0 Å². The molecule has 0 heterocycles. The molecule has 2 N–H and O–H groups in total. The molecule has 7 heteroatoms. The van der Waals surface area contributed by atoms with E-state index >= 15 is 0 Å². The van der Waals surface area contributed by atoms with Crippen LogP contribution in [0.1, 0.15) is 19.3 Å². The van der Waals surface area contributed by atoms with Crippen molar-refractivity contribution in [3.05, 3.63) is 34.4 Å². The molecule has 0 radical (unpaired) electrons. The summed E-state index contributed by atoms with van der Waals surface area (Å²) in [5, 5.41) is 10.5. The molecule has 0 bridgehead atoms. The molecule has 0 aliphatic heterocycles. The van der Waals surface area contributed by atoms with Gasteiger partial charge in [-0.2, -0.15) is 0 Å². The van der Waals surface area contributed by atoms with Crippen LogP contribution in [0.4, 0.5) is 10.5 Å². The van der Waals surface area contributed by atoms with Crippen LogP contribution in [0.25, 0.3) is 0 Å². The van der Waals surface area contributed by atoms with E-state index in [1.165, 1.54) is 24.3 Å². The number of nitrogens with zero attached hydrogens (tertiary/aromatic N) is 1. The second kappa shape index (κ2) is 5.66. The molecule has 1 aromatic rings. The van der Waals surface area contributed by atoms with Gasteiger partial charge >= 0.3 is 6.16 Å². The molecule has 1 aliphatic carbocycles. The van der Waals surface area contributed by atoms with Gasteiger partial charge in [0, 0.05) is 18.2 Å². The SMILES string of the molecule is N[C@@H]1CCC[C@H]1OC(=O)Oc1ccc([N+](=O)[O-])cc1. The number of hydrogen-bond acceptors (Lipinski definition) is 6. The van der Waals surface area contributed by atoms with Gasteiger partial charge in [-0.15, -0.1) is 0 Å². The monoisotopic (exact) mass is 266 g/mol. The lowest BCUT2D eigenvalue weighted by atomic mass is 10.2. The molecule has 1 aromatic carbocycles. The van der Waals surface area contributed by atoms with Crippen molar-refractivity contribution in [2.75, 3.05) is 0 Å². The quantitative estimate of drug-likeness (QED) is 0.388. The van der Waals surface area contributed by atoms with E-state index in [0.717, 1.165) is 19.3 Å². The second-order valence-electron chi connectivity index (χ2n) is 4.35. The lowest BCUT2D eigenvalue weighted by Gasteiger charge is -2.15. The van der Waals surface area contributed by atoms with E-state index in [1.54, 1.807) is 0 Å². The number of nitro groups is 1. The minimum Gasteiger partial charge on any atom is -0.429 e. The summed E-state index contributed by atoms with van der Waals surface area (Å²) in [5.41, 5.74) is 5.70. The van der Waals surface area contributed by atoms with E-state index in [-0.39, 0.29) is 23.6 Å². The zero-order valence-electron chi connectivity index (χ0n) is 10.2. The van der Waals surface area contributed by atoms with Crippen LogP contribution < -0.4 is 10.5 Å². The molecular formula is C12H14N2O5. The predicted molar refractivity (Wildman–Crippen MR) is 65.8 cm³/mol. The average molecular weight is 266 g/mol. The molecule has 1 fully saturated rings. The van der Waals surface area contributed by atoms with Gasteiger partial charge in [-0.05, 0) is 31.4 Å². The van der Waals surface area contributed by atoms with Crippen molar-refractivity contribution in [1.29, 1.82) is 0 Å². The number of ether oxygens (including phenoxy) is 2. The predicted octanol–water partition coefficient (Wildman–Crippen LogP) is 1.99. The van der Waals surface area contributed by atoms with Gasteiger partial charge in [0.15, 0.2) is 0 Å². The molecular weight excluding hydrogens is 252 g/mol. The highest BCUT2D eigenvalue weighted by atomic mass is 16.7. The number of rotatable bonds is 3. The molecule has 19 heavy (non-hydrogen) atoms. The molecule has 1 saturated carbocycles. The Morgan fingerprint density at radius 1 is 1.32 bits per heavy atom. The maximum Gasteiger partial charge on any atom is 0.514 e. The molecule has 0 amide bonds. The topological polar surface area (TPSA) is 105 Å². The Balaban J connectivity index is 1.89. The maximum atomic E-state index is 11.5. The third-order valence-electron chi connectivity index (χ3n) is 3.00. The fourth-order valence-electron chi connectivity index (χ4n) is 1.98. The van der Waals surface area contributed by atoms with E-state index in [0.29, 0.717) is 0 Å². The number of nitro benzene ring substituents is 1. The lowest BCUT2D eigenvalue weighted by Crippen LogP contribution is -2.34. The normalized spacial score (nSPS) is 21.9. The van der Waals surface area contributed by atoms with Crippen LogP contribution in [0.3, 0.4) is 0 Å². The second-order valence-corrected chi connectivity index (χ2v) is 4.35. The zero-order chi connectivity index (χ0) is 13.8. The van der Waals surface area contributed by atoms with Gasteiger partial charge in [0.1, 0.15) is 11.9 Å². The Kier molecular flexibility index (Phi) is 3.96. The minimum absolute atomic E-state index is 0.0708. The van der Waals surface area contributed by atoms with E-state index in [9.17, 15) is 14.9 Å². The van der Waals surface area contributed by atoms with Gasteiger partial charge in [0.05, 0.1) is 4.92 Å². The first kappa shape index (κ1) is 13.3. The van der Waals surface area contributed by atoms with Gasteiger partial charge in [0.25, 0.3) is 5.69 Å². The van der Waals surface area contributed by atoms with Crippen LogP contribution in [-0.4, -0.2) is 23.2 Å². The van der Waals surface area contributed by atoms with Gasteiger partial charge in [-0.1, -0.05) is 0 Å². The third-order valence-corrected chi connectivity index (χ3v) is 3.00. The molecule has 102 valence electrons. The smallest absolute Gasteiger partial charge is 0.429 e. The van der Waals surface area contributed by atoms with Gasteiger partial charge < -0.3 is 15.2 Å². The molecule has 0 spiro atoms. The average Bonchev–Trinajstić information content (AvgIpc) is 2.75. The van der Waals surface area contributed by atoms with E-state index in [1.807, 2.05) is 0 Å². The number of carbonyl (C=O) groups is 1. The number of non-ortho nitro benzene ring substituents is 1. The number of benzene rings is 1. The largest absolute Gasteiger partial charge is 0.514 e. The highest BCUT2D eigenvalue weighted by Gasteiger charge is 2.28. The first-order valence-electron chi connectivity index (χ1n) is 5.95. The highest BCUT2D eigenvalue weighted by Crippen LogP contribution is 2.22. The van der Waals surface area contributed by atoms with Crippen LogP contribution in [0.5, 0.6) is 5.75 Å². The lowest BCUT2D eigenvalue weighted by molar-refractivity contribution is -0.384. The van der Waals surface area contributed by atoms with Crippen LogP contribution >= 0.6 is 0 Å². The van der Waals surface area contributed by atoms with Crippen molar-refractivity contribution < 1.29 is 19.2 Å². The van der Waals surface area contributed by atoms with Gasteiger partial charge in [-0.3, -0.25) is 10.1 Å². The van der Waals surface area contributed by atoms with Crippen molar-refractivity contribution in [3.63, 3.8) is 0 Å². The summed E-state index contributed by atoms with van der Waals surface area (Å²) in [6.07, 6.45) is 1.34. The van der Waals surface area contributed by atoms with Crippen LogP contribution in [0, 0.1) is 10.1 Å². The summed E-state index contributed by atoms with van der Waals surface area (Å²) in [5.74, 6) is 0.196. The number of hydrogen-bond donors (Lipinski definition) is 1. The molecule has 7 nitrogen and oxygen atoms in total. The zero-order valence-corrected chi connectivity index (χ0v) is 10.2. The van der Waals surface area contributed by atoms with Crippen molar-refractivity contribution in [3.8, 4) is 5.75 Å². The summed E-state index contributed by atoms with van der Waals surface area (Å²) in [7, 11) is 0. The van der Waals surface area contributed by atoms with Crippen LogP contribution in [-0.2, 0) is 4.74 Å². The molecule has 0 aromatic heterocycles. The summed E-state index contributed by atoms with van der Waals surface area (Å²) in [4.78, 5) is 21.4. The van der Waals surface area contributed by atoms with Crippen molar-refractivity contribution in [2.24, 2.45) is 5.73 Å². The summed E-state index contributed by atoms with van der Waals surface area (Å²) in [6, 6.07) is 5.04. The standard InChI is InChI=1S/C12H14N2O5/c13-10-2-1-3-11(10)19-12(15)18-9-6-4-8(5-7-9)14(16)17/h4-7,10-11H,1-3,13H2/t10-,11-/m1/s1. The Hall–Kier alpha value is -2.15. The Labute approximate surface area is 109 Å². The highest BCUT2D eigenvalue weighted by molar-refractivity contribution is 5.64. The van der Waals surface area contributed by atoms with Crippen LogP contribution in [0.15, 0.2) is 24.3 Å². The van der Waals surface area contributed by atoms with E-state index < -0.39 is 11.1 Å². The molecule has 2 rings (SSSR count). The molecule has 0 unspecified atom stereocenters. The summed E-state index contributed by atoms with van der Waals surface area (Å²) in [6.45, 7) is 0. The molecule has 0 saturated heterocycles. The molecule has 2 atom stereocenters. The van der Waals surface area contributed by atoms with Gasteiger partial charge in [0.2, 0.25) is 0 Å². The van der Waals surface area contributed by atoms with Gasteiger partial charge in [-0.25, -0.2) is 4.79 Å². The van der Waals surface area contributed by atoms with Crippen LogP contribution in [0.2, 0.25) is 0 Å².